The lowest BCUT2D eigenvalue weighted by Gasteiger charge is -2.33. The van der Waals surface area contributed by atoms with Crippen LogP contribution in [0.2, 0.25) is 0 Å². The molecule has 9 heteroatoms. The van der Waals surface area contributed by atoms with Crippen molar-refractivity contribution >= 4 is 23.3 Å². The number of hydrogen-bond donors (Lipinski definition) is 3. The van der Waals surface area contributed by atoms with Crippen molar-refractivity contribution in [2.45, 2.75) is 110 Å². The molecule has 0 saturated carbocycles. The summed E-state index contributed by atoms with van der Waals surface area (Å²) in [5.41, 5.74) is 16.9. The monoisotopic (exact) mass is 635 g/mol. The number of nitrogens with two attached hydrogens (primary N) is 1. The first-order valence-electron chi connectivity index (χ1n) is 17.6. The Bertz CT molecular complexity index is 1230. The number of carbonyl (C=O) groups excluding carboxylic acids is 2. The normalized spacial score (nSPS) is 17.5. The average molecular weight is 636 g/mol. The minimum Gasteiger partial charge on any atom is -0.371 e. The molecule has 2 aliphatic heterocycles. The van der Waals surface area contributed by atoms with E-state index in [1.54, 1.807) is 0 Å². The largest absolute Gasteiger partial charge is 0.371 e. The number of nitrogens with zero attached hydrogens (tertiary/aromatic N) is 2. The maximum absolute atomic E-state index is 12.9. The number of hydrogen-bond acceptors (Lipinski definition) is 9. The summed E-state index contributed by atoms with van der Waals surface area (Å²) in [4.78, 5) is 41.7. The molecule has 2 saturated heterocycles. The van der Waals surface area contributed by atoms with Gasteiger partial charge in [0.1, 0.15) is 6.04 Å². The number of rotatable bonds is 16. The number of nitrogens with one attached hydrogen (secondary N) is 2. The van der Waals surface area contributed by atoms with E-state index in [0.29, 0.717) is 11.8 Å². The fourth-order valence-electron chi connectivity index (χ4n) is 6.61. The highest BCUT2D eigenvalue weighted by Gasteiger charge is 2.26. The van der Waals surface area contributed by atoms with Crippen LogP contribution in [0.15, 0.2) is 48.5 Å². The zero-order valence-corrected chi connectivity index (χ0v) is 28.5. The van der Waals surface area contributed by atoms with Gasteiger partial charge in [0, 0.05) is 44.0 Å². The molecule has 2 aromatic carbocycles. The SMILES string of the molecule is CC(C)C[C@H](NOC(=O)CC[C@H](N)C(=O)ON[C@@H](CC(C)C)c1ccccc1N1CCCCC1)c1ccccc1N1CCCCC1. The minimum atomic E-state index is -0.955. The summed E-state index contributed by atoms with van der Waals surface area (Å²) in [5, 5.41) is 0. The van der Waals surface area contributed by atoms with E-state index < -0.39 is 18.0 Å². The number of benzene rings is 2. The van der Waals surface area contributed by atoms with Gasteiger partial charge in [-0.2, -0.15) is 0 Å². The van der Waals surface area contributed by atoms with E-state index in [-0.39, 0.29) is 24.9 Å². The highest BCUT2D eigenvalue weighted by atomic mass is 16.7. The predicted molar refractivity (Wildman–Crippen MR) is 185 cm³/mol. The van der Waals surface area contributed by atoms with Gasteiger partial charge in [-0.1, -0.05) is 64.1 Å². The molecule has 2 aromatic rings. The topological polar surface area (TPSA) is 109 Å². The van der Waals surface area contributed by atoms with Crippen molar-refractivity contribution in [2.24, 2.45) is 17.6 Å². The maximum Gasteiger partial charge on any atom is 0.341 e. The van der Waals surface area contributed by atoms with Crippen LogP contribution in [0.3, 0.4) is 0 Å². The van der Waals surface area contributed by atoms with Crippen molar-refractivity contribution in [1.82, 2.24) is 11.0 Å². The molecule has 2 fully saturated rings. The second-order valence-electron chi connectivity index (χ2n) is 13.9. The molecule has 2 heterocycles. The van der Waals surface area contributed by atoms with E-state index in [9.17, 15) is 9.59 Å². The second kappa shape index (κ2) is 18.3. The van der Waals surface area contributed by atoms with E-state index >= 15 is 0 Å². The van der Waals surface area contributed by atoms with Crippen molar-refractivity contribution in [3.8, 4) is 0 Å². The Kier molecular flexibility index (Phi) is 14.2. The molecule has 0 radical (unpaired) electrons. The highest BCUT2D eigenvalue weighted by Crippen LogP contribution is 2.33. The summed E-state index contributed by atoms with van der Waals surface area (Å²) in [7, 11) is 0. The van der Waals surface area contributed by atoms with Crippen LogP contribution in [-0.2, 0) is 19.3 Å². The fourth-order valence-corrected chi connectivity index (χ4v) is 6.61. The quantitative estimate of drug-likeness (QED) is 0.173. The van der Waals surface area contributed by atoms with Crippen LogP contribution in [0, 0.1) is 11.8 Å². The standard InChI is InChI=1S/C37H57N5O4/c1-27(2)25-32(29-15-7-9-17-34(29)41-21-11-5-12-22-41)39-45-36(43)20-19-31(38)37(44)46-40-33(26-28(3)4)30-16-8-10-18-35(30)42-23-13-6-14-24-42/h7-10,15-18,27-28,31-33,39-40H,5-6,11-14,19-26,38H2,1-4H3/t31-,32-,33-/m0/s1. The van der Waals surface area contributed by atoms with Gasteiger partial charge in [0.05, 0.1) is 12.1 Å². The first kappa shape index (κ1) is 35.7. The van der Waals surface area contributed by atoms with Gasteiger partial charge in [0.25, 0.3) is 0 Å². The number of anilines is 2. The summed E-state index contributed by atoms with van der Waals surface area (Å²) < 4.78 is 0. The van der Waals surface area contributed by atoms with Gasteiger partial charge >= 0.3 is 11.9 Å². The van der Waals surface area contributed by atoms with Crippen LogP contribution in [-0.4, -0.2) is 44.2 Å². The molecule has 0 aromatic heterocycles. The Hall–Kier alpha value is -3.14. The van der Waals surface area contributed by atoms with Crippen LogP contribution in [0.4, 0.5) is 11.4 Å². The van der Waals surface area contributed by atoms with Gasteiger partial charge in [0.2, 0.25) is 0 Å². The predicted octanol–water partition coefficient (Wildman–Crippen LogP) is 6.74. The zero-order chi connectivity index (χ0) is 32.9. The highest BCUT2D eigenvalue weighted by molar-refractivity contribution is 5.77. The minimum absolute atomic E-state index is 0.00134. The molecule has 0 bridgehead atoms. The fraction of sp³-hybridized carbons (Fsp3) is 0.622. The Morgan fingerprint density at radius 1 is 0.696 bits per heavy atom. The lowest BCUT2D eigenvalue weighted by molar-refractivity contribution is -0.156. The second-order valence-corrected chi connectivity index (χ2v) is 13.9. The molecular formula is C37H57N5O4. The summed E-state index contributed by atoms with van der Waals surface area (Å²) >= 11 is 0. The van der Waals surface area contributed by atoms with Crippen LogP contribution < -0.4 is 26.5 Å². The van der Waals surface area contributed by atoms with Gasteiger partial charge in [-0.3, -0.25) is 4.79 Å². The van der Waals surface area contributed by atoms with Crippen LogP contribution in [0.5, 0.6) is 0 Å². The van der Waals surface area contributed by atoms with Crippen molar-refractivity contribution in [1.29, 1.82) is 0 Å². The maximum atomic E-state index is 12.9. The third kappa shape index (κ3) is 10.7. The van der Waals surface area contributed by atoms with Gasteiger partial charge < -0.3 is 25.2 Å². The van der Waals surface area contributed by atoms with Crippen molar-refractivity contribution in [2.75, 3.05) is 36.0 Å². The summed E-state index contributed by atoms with van der Waals surface area (Å²) in [6.45, 7) is 12.8. The first-order chi connectivity index (χ1) is 22.2. The van der Waals surface area contributed by atoms with Crippen LogP contribution >= 0.6 is 0 Å². The lowest BCUT2D eigenvalue weighted by atomic mass is 9.95. The molecule has 46 heavy (non-hydrogen) atoms. The van der Waals surface area contributed by atoms with E-state index in [1.165, 1.54) is 49.9 Å². The summed E-state index contributed by atoms with van der Waals surface area (Å²) in [6, 6.07) is 15.5. The number of carbonyl (C=O) groups is 2. The lowest BCUT2D eigenvalue weighted by Crippen LogP contribution is -2.38. The molecule has 254 valence electrons. The smallest absolute Gasteiger partial charge is 0.341 e. The van der Waals surface area contributed by atoms with E-state index in [1.807, 2.05) is 12.1 Å². The molecule has 9 nitrogen and oxygen atoms in total. The van der Waals surface area contributed by atoms with E-state index in [4.69, 9.17) is 15.4 Å². The number of hydroxylamine groups is 2. The molecule has 3 atom stereocenters. The summed E-state index contributed by atoms with van der Waals surface area (Å²) in [6.07, 6.45) is 9.00. The number of piperidine rings is 2. The molecule has 0 amide bonds. The molecule has 0 unspecified atom stereocenters. The van der Waals surface area contributed by atoms with Gasteiger partial charge in [-0.15, -0.1) is 11.0 Å². The molecule has 0 aliphatic carbocycles. The zero-order valence-electron chi connectivity index (χ0n) is 28.5. The molecular weight excluding hydrogens is 578 g/mol. The van der Waals surface area contributed by atoms with E-state index in [2.05, 4.69) is 84.9 Å². The Balaban J connectivity index is 1.30. The number of para-hydroxylation sites is 2. The molecule has 4 N–H and O–H groups in total. The molecule has 4 rings (SSSR count). The Morgan fingerprint density at radius 2 is 1.13 bits per heavy atom. The van der Waals surface area contributed by atoms with Crippen molar-refractivity contribution in [3.05, 3.63) is 59.7 Å². The third-order valence-electron chi connectivity index (χ3n) is 9.01. The molecule has 2 aliphatic rings. The Morgan fingerprint density at radius 3 is 1.59 bits per heavy atom. The third-order valence-corrected chi connectivity index (χ3v) is 9.01. The van der Waals surface area contributed by atoms with Gasteiger partial charge in [-0.05, 0) is 92.9 Å². The van der Waals surface area contributed by atoms with Gasteiger partial charge in [0.15, 0.2) is 0 Å². The van der Waals surface area contributed by atoms with Crippen molar-refractivity contribution < 1.29 is 19.3 Å². The first-order valence-corrected chi connectivity index (χ1v) is 17.6. The van der Waals surface area contributed by atoms with Crippen LogP contribution in [0.25, 0.3) is 0 Å². The van der Waals surface area contributed by atoms with Gasteiger partial charge in [-0.25, -0.2) is 4.79 Å². The van der Waals surface area contributed by atoms with Crippen LogP contribution in [0.1, 0.15) is 115 Å². The Labute approximate surface area is 276 Å². The average Bonchev–Trinajstić information content (AvgIpc) is 3.07. The van der Waals surface area contributed by atoms with E-state index in [0.717, 1.165) is 50.1 Å². The summed E-state index contributed by atoms with van der Waals surface area (Å²) in [5.74, 6) is -0.257. The molecule has 0 spiro atoms. The van der Waals surface area contributed by atoms with Crippen molar-refractivity contribution in [3.63, 3.8) is 0 Å².